The highest BCUT2D eigenvalue weighted by atomic mass is 35.5. The van der Waals surface area contributed by atoms with Crippen LogP contribution < -0.4 is 10.5 Å². The molecule has 1 aromatic carbocycles. The second-order valence-electron chi connectivity index (χ2n) is 3.20. The van der Waals surface area contributed by atoms with Crippen molar-refractivity contribution in [2.24, 2.45) is 5.73 Å². The molecule has 0 fully saturated rings. The number of halogens is 1. The number of phenols is 1. The number of benzene rings is 1. The SMILES string of the molecule is CC[C@@H](N)c1c(C#N)ccc(OC)c1O.Cl. The molecule has 0 aliphatic carbocycles. The smallest absolute Gasteiger partial charge is 0.163 e. The predicted molar refractivity (Wildman–Crippen MR) is 63.8 cm³/mol. The topological polar surface area (TPSA) is 79.3 Å². The Hall–Kier alpha value is -1.44. The Bertz CT molecular complexity index is 402. The lowest BCUT2D eigenvalue weighted by Crippen LogP contribution is -2.11. The molecule has 0 aliphatic heterocycles. The van der Waals surface area contributed by atoms with E-state index in [2.05, 4.69) is 0 Å². The average Bonchev–Trinajstić information content (AvgIpc) is 2.27. The second kappa shape index (κ2) is 6.21. The van der Waals surface area contributed by atoms with Gasteiger partial charge in [0.25, 0.3) is 0 Å². The summed E-state index contributed by atoms with van der Waals surface area (Å²) in [6.45, 7) is 1.89. The summed E-state index contributed by atoms with van der Waals surface area (Å²) < 4.78 is 4.96. The van der Waals surface area contributed by atoms with E-state index >= 15 is 0 Å². The number of nitrogens with two attached hydrogens (primary N) is 1. The molecule has 0 bridgehead atoms. The third kappa shape index (κ3) is 2.57. The highest BCUT2D eigenvalue weighted by molar-refractivity contribution is 5.85. The van der Waals surface area contributed by atoms with Crippen LogP contribution in [-0.2, 0) is 0 Å². The van der Waals surface area contributed by atoms with Gasteiger partial charge in [0.2, 0.25) is 0 Å². The molecule has 0 aliphatic rings. The van der Waals surface area contributed by atoms with Gasteiger partial charge in [-0.3, -0.25) is 0 Å². The van der Waals surface area contributed by atoms with Crippen molar-refractivity contribution in [2.45, 2.75) is 19.4 Å². The first-order valence-corrected chi connectivity index (χ1v) is 4.71. The summed E-state index contributed by atoms with van der Waals surface area (Å²) in [5.41, 5.74) is 6.68. The first kappa shape index (κ1) is 14.6. The van der Waals surface area contributed by atoms with Gasteiger partial charge in [-0.25, -0.2) is 0 Å². The van der Waals surface area contributed by atoms with E-state index in [0.717, 1.165) is 0 Å². The molecule has 1 aromatic rings. The van der Waals surface area contributed by atoms with Gasteiger partial charge in [-0.05, 0) is 18.6 Å². The van der Waals surface area contributed by atoms with Crippen molar-refractivity contribution in [2.75, 3.05) is 7.11 Å². The maximum atomic E-state index is 9.85. The Morgan fingerprint density at radius 1 is 1.56 bits per heavy atom. The Morgan fingerprint density at radius 2 is 2.19 bits per heavy atom. The molecule has 0 saturated carbocycles. The van der Waals surface area contributed by atoms with Gasteiger partial charge >= 0.3 is 0 Å². The summed E-state index contributed by atoms with van der Waals surface area (Å²) >= 11 is 0. The molecule has 3 N–H and O–H groups in total. The summed E-state index contributed by atoms with van der Waals surface area (Å²) in [6, 6.07) is 4.81. The van der Waals surface area contributed by atoms with Gasteiger partial charge < -0.3 is 15.6 Å². The van der Waals surface area contributed by atoms with Gasteiger partial charge in [0, 0.05) is 11.6 Å². The number of hydrogen-bond acceptors (Lipinski definition) is 4. The molecule has 0 radical (unpaired) electrons. The zero-order chi connectivity index (χ0) is 11.4. The maximum absolute atomic E-state index is 9.85. The van der Waals surface area contributed by atoms with Crippen LogP contribution in [-0.4, -0.2) is 12.2 Å². The fraction of sp³-hybridized carbons (Fsp3) is 0.364. The van der Waals surface area contributed by atoms with Gasteiger partial charge in [0.15, 0.2) is 11.5 Å². The minimum Gasteiger partial charge on any atom is -0.504 e. The lowest BCUT2D eigenvalue weighted by atomic mass is 9.98. The van der Waals surface area contributed by atoms with Crippen LogP contribution in [0.1, 0.15) is 30.5 Å². The van der Waals surface area contributed by atoms with Crippen LogP contribution in [0.3, 0.4) is 0 Å². The van der Waals surface area contributed by atoms with E-state index in [1.54, 1.807) is 12.1 Å². The van der Waals surface area contributed by atoms with Gasteiger partial charge in [0.05, 0.1) is 18.7 Å². The Labute approximate surface area is 101 Å². The fourth-order valence-corrected chi connectivity index (χ4v) is 1.43. The van der Waals surface area contributed by atoms with Crippen LogP contribution >= 0.6 is 12.4 Å². The van der Waals surface area contributed by atoms with E-state index in [0.29, 0.717) is 23.3 Å². The molecule has 0 heterocycles. The number of rotatable bonds is 3. The maximum Gasteiger partial charge on any atom is 0.163 e. The molecule has 16 heavy (non-hydrogen) atoms. The molecule has 0 spiro atoms. The molecule has 0 amide bonds. The summed E-state index contributed by atoms with van der Waals surface area (Å²) in [5.74, 6) is 0.304. The number of hydrogen-bond donors (Lipinski definition) is 2. The molecule has 0 unspecified atom stereocenters. The Morgan fingerprint density at radius 3 is 2.62 bits per heavy atom. The highest BCUT2D eigenvalue weighted by Gasteiger charge is 2.17. The third-order valence-electron chi connectivity index (χ3n) is 2.33. The number of nitrogens with zero attached hydrogens (tertiary/aromatic N) is 1. The van der Waals surface area contributed by atoms with E-state index in [-0.39, 0.29) is 24.2 Å². The van der Waals surface area contributed by atoms with Crippen molar-refractivity contribution in [1.82, 2.24) is 0 Å². The van der Waals surface area contributed by atoms with Crippen molar-refractivity contribution >= 4 is 12.4 Å². The minimum atomic E-state index is -0.352. The van der Waals surface area contributed by atoms with E-state index in [1.807, 2.05) is 13.0 Å². The normalized spacial score (nSPS) is 11.1. The minimum absolute atomic E-state index is 0. The summed E-state index contributed by atoms with van der Waals surface area (Å²) in [5, 5.41) is 18.7. The van der Waals surface area contributed by atoms with Gasteiger partial charge in [-0.1, -0.05) is 6.92 Å². The third-order valence-corrected chi connectivity index (χ3v) is 2.33. The van der Waals surface area contributed by atoms with Crippen molar-refractivity contribution in [1.29, 1.82) is 5.26 Å². The summed E-state index contributed by atoms with van der Waals surface area (Å²) in [6.07, 6.45) is 0.648. The molecule has 88 valence electrons. The Kier molecular flexibility index (Phi) is 5.65. The van der Waals surface area contributed by atoms with Crippen LogP contribution in [0.15, 0.2) is 12.1 Å². The van der Waals surface area contributed by atoms with Crippen molar-refractivity contribution < 1.29 is 9.84 Å². The summed E-state index contributed by atoms with van der Waals surface area (Å²) in [7, 11) is 1.46. The van der Waals surface area contributed by atoms with Crippen LogP contribution in [0.4, 0.5) is 0 Å². The number of ether oxygens (including phenoxy) is 1. The van der Waals surface area contributed by atoms with Crippen molar-refractivity contribution in [3.63, 3.8) is 0 Å². The largest absolute Gasteiger partial charge is 0.504 e. The highest BCUT2D eigenvalue weighted by Crippen LogP contribution is 2.36. The fourth-order valence-electron chi connectivity index (χ4n) is 1.43. The van der Waals surface area contributed by atoms with E-state index in [4.69, 9.17) is 15.7 Å². The molecule has 1 atom stereocenters. The molecule has 1 rings (SSSR count). The standard InChI is InChI=1S/C11H14N2O2.ClH/c1-3-8(13)10-7(6-12)4-5-9(15-2)11(10)14;/h4-5,8,14H,3,13H2,1-2H3;1H/t8-;/m1./s1. The van der Waals surface area contributed by atoms with E-state index < -0.39 is 0 Å². The quantitative estimate of drug-likeness (QED) is 0.851. The lowest BCUT2D eigenvalue weighted by molar-refractivity contribution is 0.368. The van der Waals surface area contributed by atoms with E-state index in [1.165, 1.54) is 7.11 Å². The van der Waals surface area contributed by atoms with Gasteiger partial charge in [0.1, 0.15) is 0 Å². The lowest BCUT2D eigenvalue weighted by Gasteiger charge is -2.15. The average molecular weight is 243 g/mol. The number of aromatic hydroxyl groups is 1. The monoisotopic (exact) mass is 242 g/mol. The molecular formula is C11H15ClN2O2. The Balaban J connectivity index is 0.00000225. The molecule has 4 nitrogen and oxygen atoms in total. The van der Waals surface area contributed by atoms with Gasteiger partial charge in [-0.2, -0.15) is 5.26 Å². The first-order chi connectivity index (χ1) is 7.15. The number of methoxy groups -OCH3 is 1. The number of phenolic OH excluding ortho intramolecular Hbond substituents is 1. The zero-order valence-electron chi connectivity index (χ0n) is 9.23. The van der Waals surface area contributed by atoms with Crippen molar-refractivity contribution in [3.05, 3.63) is 23.3 Å². The van der Waals surface area contributed by atoms with Crippen LogP contribution in [0.25, 0.3) is 0 Å². The van der Waals surface area contributed by atoms with Gasteiger partial charge in [-0.15, -0.1) is 12.4 Å². The van der Waals surface area contributed by atoms with Crippen molar-refractivity contribution in [3.8, 4) is 17.6 Å². The number of nitriles is 1. The van der Waals surface area contributed by atoms with Crippen LogP contribution in [0, 0.1) is 11.3 Å². The first-order valence-electron chi connectivity index (χ1n) is 4.71. The zero-order valence-corrected chi connectivity index (χ0v) is 10.0. The molecule has 0 saturated heterocycles. The van der Waals surface area contributed by atoms with Crippen LogP contribution in [0.5, 0.6) is 11.5 Å². The molecule has 5 heteroatoms. The van der Waals surface area contributed by atoms with E-state index in [9.17, 15) is 5.11 Å². The summed E-state index contributed by atoms with van der Waals surface area (Å²) in [4.78, 5) is 0. The van der Waals surface area contributed by atoms with Crippen LogP contribution in [0.2, 0.25) is 0 Å². The second-order valence-corrected chi connectivity index (χ2v) is 3.20. The predicted octanol–water partition coefficient (Wildman–Crippen LogP) is 2.10. The molecular weight excluding hydrogens is 228 g/mol. The molecule has 0 aromatic heterocycles.